The van der Waals surface area contributed by atoms with Crippen molar-refractivity contribution in [3.63, 3.8) is 0 Å². The zero-order valence-electron chi connectivity index (χ0n) is 23.7. The molecule has 0 bridgehead atoms. The standard InChI is InChI=1S/C37H34S4/c1-3-4-5-6-7-31-13-15-35(39-31)37-19-17-33(41-37)28-12-10-26-20-29-22-27(11-9-25(29)21-30(26)23-28)32-16-18-36(40-32)34-14-8-24(2)38-34/h8-9,11,13-23H,3-7,10,12H2,1-2H3. The van der Waals surface area contributed by atoms with Gasteiger partial charge in [0.25, 0.3) is 0 Å². The highest BCUT2D eigenvalue weighted by Crippen LogP contribution is 2.42. The third-order valence-corrected chi connectivity index (χ3v) is 12.9. The Hall–Kier alpha value is -2.76. The normalized spacial score (nSPS) is 13.1. The Morgan fingerprint density at radius 1 is 0.585 bits per heavy atom. The number of hydrogen-bond acceptors (Lipinski definition) is 4. The minimum atomic E-state index is 1.11. The van der Waals surface area contributed by atoms with Crippen LogP contribution >= 0.6 is 45.3 Å². The first-order valence-corrected chi connectivity index (χ1v) is 18.0. The van der Waals surface area contributed by atoms with Crippen LogP contribution in [0.4, 0.5) is 0 Å². The molecule has 0 saturated heterocycles. The molecule has 0 fully saturated rings. The molecule has 7 rings (SSSR count). The maximum Gasteiger partial charge on any atom is 0.0449 e. The van der Waals surface area contributed by atoms with Crippen molar-refractivity contribution in [1.29, 1.82) is 0 Å². The van der Waals surface area contributed by atoms with Crippen LogP contribution in [-0.4, -0.2) is 0 Å². The molecule has 0 N–H and O–H groups in total. The number of rotatable bonds is 9. The van der Waals surface area contributed by atoms with Crippen LogP contribution < -0.4 is 0 Å². The molecule has 4 heterocycles. The summed E-state index contributed by atoms with van der Waals surface area (Å²) in [7, 11) is 0. The number of thiophene rings is 4. The minimum absolute atomic E-state index is 1.11. The second-order valence-corrected chi connectivity index (χ2v) is 15.7. The van der Waals surface area contributed by atoms with E-state index in [-0.39, 0.29) is 0 Å². The quantitative estimate of drug-likeness (QED) is 0.144. The molecule has 1 aliphatic rings. The molecule has 41 heavy (non-hydrogen) atoms. The maximum absolute atomic E-state index is 2.45. The molecule has 0 atom stereocenters. The molecular formula is C37H34S4. The first-order chi connectivity index (χ1) is 20.1. The predicted molar refractivity (Wildman–Crippen MR) is 187 cm³/mol. The van der Waals surface area contributed by atoms with Crippen molar-refractivity contribution >= 4 is 67.8 Å². The molecule has 2 aromatic carbocycles. The van der Waals surface area contributed by atoms with Crippen molar-refractivity contribution in [2.75, 3.05) is 0 Å². The van der Waals surface area contributed by atoms with E-state index >= 15 is 0 Å². The summed E-state index contributed by atoms with van der Waals surface area (Å²) >= 11 is 7.72. The van der Waals surface area contributed by atoms with Crippen LogP contribution in [0, 0.1) is 6.92 Å². The lowest BCUT2D eigenvalue weighted by molar-refractivity contribution is 0.670. The fourth-order valence-electron chi connectivity index (χ4n) is 5.80. The van der Waals surface area contributed by atoms with Crippen molar-refractivity contribution in [2.24, 2.45) is 0 Å². The summed E-state index contributed by atoms with van der Waals surface area (Å²) < 4.78 is 0. The second kappa shape index (κ2) is 11.9. The number of benzene rings is 2. The average molecular weight is 607 g/mol. The van der Waals surface area contributed by atoms with Crippen molar-refractivity contribution < 1.29 is 0 Å². The van der Waals surface area contributed by atoms with E-state index in [9.17, 15) is 0 Å². The maximum atomic E-state index is 2.45. The van der Waals surface area contributed by atoms with Gasteiger partial charge in [0.05, 0.1) is 0 Å². The number of allylic oxidation sites excluding steroid dienone is 1. The molecule has 1 aliphatic carbocycles. The zero-order chi connectivity index (χ0) is 27.8. The van der Waals surface area contributed by atoms with Gasteiger partial charge in [0.2, 0.25) is 0 Å². The predicted octanol–water partition coefficient (Wildman–Crippen LogP) is 13.0. The molecule has 0 amide bonds. The molecule has 0 radical (unpaired) electrons. The Morgan fingerprint density at radius 2 is 1.32 bits per heavy atom. The highest BCUT2D eigenvalue weighted by Gasteiger charge is 2.16. The van der Waals surface area contributed by atoms with Crippen molar-refractivity contribution in [3.05, 3.63) is 105 Å². The molecule has 6 aromatic rings. The van der Waals surface area contributed by atoms with E-state index in [1.54, 1.807) is 0 Å². The van der Waals surface area contributed by atoms with Crippen LogP contribution in [0.25, 0.3) is 52.4 Å². The van der Waals surface area contributed by atoms with E-state index in [0.717, 1.165) is 12.8 Å². The van der Waals surface area contributed by atoms with E-state index in [0.29, 0.717) is 0 Å². The summed E-state index contributed by atoms with van der Waals surface area (Å²) in [6, 6.07) is 30.2. The van der Waals surface area contributed by atoms with Gasteiger partial charge in [-0.25, -0.2) is 0 Å². The van der Waals surface area contributed by atoms with E-state index in [2.05, 4.69) is 98.8 Å². The number of aryl methyl sites for hydroxylation is 3. The average Bonchev–Trinajstić information content (AvgIpc) is 3.81. The highest BCUT2D eigenvalue weighted by molar-refractivity contribution is 7.24. The first-order valence-electron chi connectivity index (χ1n) is 14.8. The van der Waals surface area contributed by atoms with Gasteiger partial charge in [-0.05, 0) is 126 Å². The highest BCUT2D eigenvalue weighted by atomic mass is 32.1. The Labute approximate surface area is 259 Å². The molecule has 4 aromatic heterocycles. The lowest BCUT2D eigenvalue weighted by Crippen LogP contribution is -1.98. The zero-order valence-corrected chi connectivity index (χ0v) is 26.9. The van der Waals surface area contributed by atoms with Gasteiger partial charge < -0.3 is 0 Å². The Bertz CT molecular complexity index is 1850. The summed E-state index contributed by atoms with van der Waals surface area (Å²) in [4.78, 5) is 11.2. The smallest absolute Gasteiger partial charge is 0.0449 e. The molecule has 0 unspecified atom stereocenters. The topological polar surface area (TPSA) is 0 Å². The molecule has 4 heteroatoms. The summed E-state index contributed by atoms with van der Waals surface area (Å²) in [5.74, 6) is 0. The second-order valence-electron chi connectivity index (χ2n) is 11.1. The lowest BCUT2D eigenvalue weighted by atomic mass is 9.89. The SMILES string of the molecule is CCCCCCc1ccc(-c2ccc(C3=Cc4cc5ccc(-c6ccc(-c7ccc(C)s7)s6)cc5cc4CC3)s2)s1. The number of hydrogen-bond donors (Lipinski definition) is 0. The third kappa shape index (κ3) is 5.81. The molecule has 0 aliphatic heterocycles. The van der Waals surface area contributed by atoms with Crippen LogP contribution in [0.5, 0.6) is 0 Å². The summed E-state index contributed by atoms with van der Waals surface area (Å²) in [5, 5.41) is 2.68. The largest absolute Gasteiger partial charge is 0.140 e. The van der Waals surface area contributed by atoms with Gasteiger partial charge in [0, 0.05) is 39.0 Å². The number of fused-ring (bicyclic) bond motifs is 2. The van der Waals surface area contributed by atoms with Gasteiger partial charge in [-0.15, -0.1) is 45.3 Å². The third-order valence-electron chi connectivity index (χ3n) is 8.07. The lowest BCUT2D eigenvalue weighted by Gasteiger charge is -2.17. The fraction of sp³-hybridized carbons (Fsp3) is 0.243. The Kier molecular flexibility index (Phi) is 7.83. The van der Waals surface area contributed by atoms with Crippen molar-refractivity contribution in [3.8, 4) is 29.9 Å². The van der Waals surface area contributed by atoms with Gasteiger partial charge in [0.15, 0.2) is 0 Å². The van der Waals surface area contributed by atoms with Crippen molar-refractivity contribution in [1.82, 2.24) is 0 Å². The van der Waals surface area contributed by atoms with Crippen LogP contribution in [-0.2, 0) is 12.8 Å². The van der Waals surface area contributed by atoms with Crippen LogP contribution in [0.15, 0.2) is 78.9 Å². The van der Waals surface area contributed by atoms with Crippen LogP contribution in [0.2, 0.25) is 0 Å². The van der Waals surface area contributed by atoms with Gasteiger partial charge in [0.1, 0.15) is 0 Å². The Morgan fingerprint density at radius 3 is 2.15 bits per heavy atom. The van der Waals surface area contributed by atoms with Gasteiger partial charge in [-0.1, -0.05) is 50.5 Å². The summed E-state index contributed by atoms with van der Waals surface area (Å²) in [6.45, 7) is 4.46. The van der Waals surface area contributed by atoms with Crippen LogP contribution in [0.1, 0.15) is 64.8 Å². The summed E-state index contributed by atoms with van der Waals surface area (Å²) in [5.41, 5.74) is 5.66. The molecule has 206 valence electrons. The minimum Gasteiger partial charge on any atom is -0.140 e. The molecular weight excluding hydrogens is 573 g/mol. The first kappa shape index (κ1) is 27.1. The van der Waals surface area contributed by atoms with E-state index in [4.69, 9.17) is 0 Å². The van der Waals surface area contributed by atoms with Gasteiger partial charge in [-0.2, -0.15) is 0 Å². The molecule has 0 saturated carbocycles. The molecule has 0 nitrogen and oxygen atoms in total. The fourth-order valence-corrected chi connectivity index (χ4v) is 9.95. The number of unbranched alkanes of at least 4 members (excludes halogenated alkanes) is 3. The summed E-state index contributed by atoms with van der Waals surface area (Å²) in [6.07, 6.45) is 11.2. The monoisotopic (exact) mass is 606 g/mol. The van der Waals surface area contributed by atoms with Crippen molar-refractivity contribution in [2.45, 2.75) is 58.8 Å². The van der Waals surface area contributed by atoms with E-state index in [1.807, 2.05) is 45.3 Å². The van der Waals surface area contributed by atoms with E-state index in [1.165, 1.54) is 104 Å². The molecule has 0 spiro atoms. The Balaban J connectivity index is 1.10. The van der Waals surface area contributed by atoms with Gasteiger partial charge >= 0.3 is 0 Å². The van der Waals surface area contributed by atoms with Crippen LogP contribution in [0.3, 0.4) is 0 Å². The van der Waals surface area contributed by atoms with E-state index < -0.39 is 0 Å². The van der Waals surface area contributed by atoms with Gasteiger partial charge in [-0.3, -0.25) is 0 Å².